The van der Waals surface area contributed by atoms with Crippen LogP contribution in [0.2, 0.25) is 0 Å². The van der Waals surface area contributed by atoms with Crippen molar-refractivity contribution in [3.63, 3.8) is 0 Å². The number of benzene rings is 1. The van der Waals surface area contributed by atoms with E-state index in [4.69, 9.17) is 18.9 Å². The number of ether oxygens (including phenoxy) is 4. The molecule has 1 aliphatic carbocycles. The van der Waals surface area contributed by atoms with Crippen LogP contribution in [-0.2, 0) is 28.5 Å². The lowest BCUT2D eigenvalue weighted by molar-refractivity contribution is -0.136. The molecule has 0 saturated heterocycles. The molecule has 0 fully saturated rings. The van der Waals surface area contributed by atoms with Crippen molar-refractivity contribution in [1.82, 2.24) is 0 Å². The zero-order valence-corrected chi connectivity index (χ0v) is 25.1. The Morgan fingerprint density at radius 1 is 0.881 bits per heavy atom. The number of hydrogen-bond donors (Lipinski definition) is 0. The van der Waals surface area contributed by atoms with Crippen molar-refractivity contribution in [1.29, 1.82) is 5.26 Å². The van der Waals surface area contributed by atoms with Gasteiger partial charge in [0.2, 0.25) is 0 Å². The third kappa shape index (κ3) is 8.27. The van der Waals surface area contributed by atoms with E-state index in [1.165, 1.54) is 64.9 Å². The monoisotopic (exact) mass is 575 g/mol. The predicted molar refractivity (Wildman–Crippen MR) is 160 cm³/mol. The quantitative estimate of drug-likeness (QED) is 0.109. The van der Waals surface area contributed by atoms with E-state index in [0.717, 1.165) is 0 Å². The van der Waals surface area contributed by atoms with Crippen LogP contribution in [0.5, 0.6) is 0 Å². The zero-order valence-electron chi connectivity index (χ0n) is 25.1. The molecule has 9 heteroatoms. The van der Waals surface area contributed by atoms with Crippen LogP contribution in [0.1, 0.15) is 65.5 Å². The van der Waals surface area contributed by atoms with E-state index in [1.54, 1.807) is 6.08 Å². The maximum Gasteiger partial charge on any atom is 0.338 e. The van der Waals surface area contributed by atoms with Crippen molar-refractivity contribution in [3.05, 3.63) is 94.6 Å². The molecule has 1 aliphatic rings. The molecule has 0 aliphatic heterocycles. The summed E-state index contributed by atoms with van der Waals surface area (Å²) < 4.78 is 20.0. The zero-order chi connectivity index (χ0) is 31.8. The lowest BCUT2D eigenvalue weighted by atomic mass is 9.85. The third-order valence-corrected chi connectivity index (χ3v) is 6.10. The Balaban J connectivity index is 0.00000431. The summed E-state index contributed by atoms with van der Waals surface area (Å²) in [5, 5.41) is 9.43. The summed E-state index contributed by atoms with van der Waals surface area (Å²) in [6.45, 7) is 9.59. The summed E-state index contributed by atoms with van der Waals surface area (Å²) in [6.07, 6.45) is 11.8. The molecule has 0 radical (unpaired) electrons. The predicted octanol–water partition coefficient (Wildman–Crippen LogP) is 5.95. The first-order valence-electron chi connectivity index (χ1n) is 13.2. The molecule has 9 nitrogen and oxygen atoms in total. The first-order valence-corrected chi connectivity index (χ1v) is 13.2. The minimum atomic E-state index is -0.770. The van der Waals surface area contributed by atoms with E-state index in [1.807, 2.05) is 32.9 Å². The number of hydrogen-bond acceptors (Lipinski definition) is 9. The molecule has 42 heavy (non-hydrogen) atoms. The van der Waals surface area contributed by atoms with Crippen LogP contribution in [0.25, 0.3) is 11.1 Å². The Kier molecular flexibility index (Phi) is 14.7. The van der Waals surface area contributed by atoms with Crippen LogP contribution in [0.4, 0.5) is 0 Å². The number of allylic oxidation sites excluding steroid dienone is 7. The van der Waals surface area contributed by atoms with E-state index in [-0.39, 0.29) is 45.4 Å². The molecule has 1 atom stereocenters. The number of nitrogens with zero attached hydrogens (tertiary/aromatic N) is 1. The highest BCUT2D eigenvalue weighted by atomic mass is 16.5. The van der Waals surface area contributed by atoms with E-state index < -0.39 is 29.8 Å². The fraction of sp³-hybridized carbons (Fsp3) is 0.303. The summed E-state index contributed by atoms with van der Waals surface area (Å²) in [5.41, 5.74) is 1.14. The second-order valence-electron chi connectivity index (χ2n) is 8.31. The van der Waals surface area contributed by atoms with Crippen LogP contribution < -0.4 is 0 Å². The number of carbonyl (C=O) groups is 4. The van der Waals surface area contributed by atoms with Crippen molar-refractivity contribution in [2.24, 2.45) is 5.92 Å². The number of carbonyl (C=O) groups excluding carboxylic acids is 4. The first kappa shape index (κ1) is 35.1. The van der Waals surface area contributed by atoms with Gasteiger partial charge in [-0.15, -0.1) is 0 Å². The molecular weight excluding hydrogens is 538 g/mol. The molecule has 0 N–H and O–H groups in total. The SMILES string of the molecule is C=C/C(C(=O)OC)=C(\CC/C=C\C)c1cc(C(=O)OC)c(C2=C(C(=O)OC)C=CC(C#N)C=C2)cc1C(=O)OC.CC. The van der Waals surface area contributed by atoms with Gasteiger partial charge in [0.05, 0.1) is 62.7 Å². The van der Waals surface area contributed by atoms with Crippen LogP contribution in [0.15, 0.2) is 72.4 Å². The normalized spacial score (nSPS) is 14.5. The van der Waals surface area contributed by atoms with E-state index in [9.17, 15) is 24.4 Å². The van der Waals surface area contributed by atoms with Gasteiger partial charge < -0.3 is 18.9 Å². The molecule has 1 aromatic rings. The summed E-state index contributed by atoms with van der Waals surface area (Å²) >= 11 is 0. The Hall–Kier alpha value is -4.97. The van der Waals surface area contributed by atoms with Gasteiger partial charge in [0.15, 0.2) is 0 Å². The summed E-state index contributed by atoms with van der Waals surface area (Å²) in [6, 6.07) is 4.89. The Morgan fingerprint density at radius 3 is 2.00 bits per heavy atom. The van der Waals surface area contributed by atoms with Crippen molar-refractivity contribution in [2.45, 2.75) is 33.6 Å². The first-order chi connectivity index (χ1) is 20.2. The molecule has 0 saturated carbocycles. The smallest absolute Gasteiger partial charge is 0.338 e. The number of esters is 4. The van der Waals surface area contributed by atoms with E-state index in [0.29, 0.717) is 12.0 Å². The van der Waals surface area contributed by atoms with Gasteiger partial charge >= 0.3 is 23.9 Å². The summed E-state index contributed by atoms with van der Waals surface area (Å²) in [5.74, 6) is -3.59. The molecule has 0 bridgehead atoms. The van der Waals surface area contributed by atoms with Crippen molar-refractivity contribution < 1.29 is 38.1 Å². The minimum absolute atomic E-state index is 0.00757. The second-order valence-corrected chi connectivity index (χ2v) is 8.31. The Labute approximate surface area is 247 Å². The third-order valence-electron chi connectivity index (χ3n) is 6.10. The summed E-state index contributed by atoms with van der Waals surface area (Å²) in [7, 11) is 4.81. The molecule has 0 spiro atoms. The molecule has 1 aromatic carbocycles. The van der Waals surface area contributed by atoms with Crippen LogP contribution in [0.3, 0.4) is 0 Å². The highest BCUT2D eigenvalue weighted by molar-refractivity contribution is 6.10. The topological polar surface area (TPSA) is 129 Å². The second kappa shape index (κ2) is 17.7. The van der Waals surface area contributed by atoms with E-state index in [2.05, 4.69) is 12.6 Å². The molecular formula is C33H37NO8. The van der Waals surface area contributed by atoms with Gasteiger partial charge in [0.25, 0.3) is 0 Å². The molecule has 0 aromatic heterocycles. The average molecular weight is 576 g/mol. The Morgan fingerprint density at radius 2 is 1.48 bits per heavy atom. The molecule has 1 unspecified atom stereocenters. The van der Waals surface area contributed by atoms with Crippen LogP contribution >= 0.6 is 0 Å². The largest absolute Gasteiger partial charge is 0.465 e. The van der Waals surface area contributed by atoms with Gasteiger partial charge in [0, 0.05) is 0 Å². The maximum absolute atomic E-state index is 13.1. The van der Waals surface area contributed by atoms with Gasteiger partial charge in [-0.05, 0) is 60.2 Å². The maximum atomic E-state index is 13.1. The van der Waals surface area contributed by atoms with E-state index >= 15 is 0 Å². The molecule has 2 rings (SSSR count). The molecule has 0 amide bonds. The minimum Gasteiger partial charge on any atom is -0.465 e. The standard InChI is InChI=1S/C31H31NO8.C2H6/c1-7-9-10-11-21(20(8-2)28(33)37-3)24-16-27(31(36)40-6)25(17-26(24)30(35)39-5)22-14-12-19(18-32)13-15-23(22)29(34)38-4;1-2/h7-9,12-17,19H,2,10-11H2,1,3-6H3;1-2H3/b9-7-,21-20-;. The van der Waals surface area contributed by atoms with Crippen molar-refractivity contribution in [3.8, 4) is 6.07 Å². The number of methoxy groups -OCH3 is 4. The van der Waals surface area contributed by atoms with Gasteiger partial charge in [-0.2, -0.15) is 5.26 Å². The number of rotatable bonds is 10. The van der Waals surface area contributed by atoms with Gasteiger partial charge in [-0.25, -0.2) is 19.2 Å². The highest BCUT2D eigenvalue weighted by Gasteiger charge is 2.28. The van der Waals surface area contributed by atoms with Gasteiger partial charge in [0.1, 0.15) is 0 Å². The fourth-order valence-corrected chi connectivity index (χ4v) is 4.13. The molecule has 222 valence electrons. The lowest BCUT2D eigenvalue weighted by Crippen LogP contribution is -2.15. The average Bonchev–Trinajstić information content (AvgIpc) is 3.26. The highest BCUT2D eigenvalue weighted by Crippen LogP contribution is 2.36. The fourth-order valence-electron chi connectivity index (χ4n) is 4.13. The summed E-state index contributed by atoms with van der Waals surface area (Å²) in [4.78, 5) is 51.7. The van der Waals surface area contributed by atoms with Crippen LogP contribution in [-0.4, -0.2) is 52.3 Å². The Bertz CT molecular complexity index is 1400. The van der Waals surface area contributed by atoms with Crippen molar-refractivity contribution >= 4 is 35.0 Å². The molecule has 0 heterocycles. The van der Waals surface area contributed by atoms with Crippen LogP contribution in [0, 0.1) is 17.2 Å². The van der Waals surface area contributed by atoms with Crippen molar-refractivity contribution in [2.75, 3.05) is 28.4 Å². The lowest BCUT2D eigenvalue weighted by Gasteiger charge is -2.19. The van der Waals surface area contributed by atoms with Gasteiger partial charge in [-0.3, -0.25) is 0 Å². The van der Waals surface area contributed by atoms with Gasteiger partial charge in [-0.1, -0.05) is 56.9 Å². The number of nitriles is 1.